The lowest BCUT2D eigenvalue weighted by atomic mass is 10.1. The first-order valence-electron chi connectivity index (χ1n) is 10.5. The van der Waals surface area contributed by atoms with E-state index in [1.165, 1.54) is 51.0 Å². The Morgan fingerprint density at radius 1 is 0.852 bits per heavy atom. The molecular formula is C23H33FN2O. The summed E-state index contributed by atoms with van der Waals surface area (Å²) in [6.45, 7) is 4.76. The van der Waals surface area contributed by atoms with Gasteiger partial charge in [0.05, 0.1) is 24.2 Å². The third-order valence-electron chi connectivity index (χ3n) is 4.68. The number of hydrogen-bond acceptors (Lipinski definition) is 3. The fourth-order valence-corrected chi connectivity index (χ4v) is 3.06. The van der Waals surface area contributed by atoms with Crippen LogP contribution in [0.4, 0.5) is 4.39 Å². The highest BCUT2D eigenvalue weighted by Gasteiger charge is 2.08. The number of aromatic nitrogens is 2. The number of nitrogens with zero attached hydrogens (tertiary/aromatic N) is 2. The quantitative estimate of drug-likeness (QED) is 0.365. The van der Waals surface area contributed by atoms with Gasteiger partial charge in [0.2, 0.25) is 0 Å². The lowest BCUT2D eigenvalue weighted by Crippen LogP contribution is -1.98. The third kappa shape index (κ3) is 7.66. The molecule has 0 bridgehead atoms. The van der Waals surface area contributed by atoms with Gasteiger partial charge in [-0.3, -0.25) is 9.97 Å². The monoisotopic (exact) mass is 372 g/mol. The maximum absolute atomic E-state index is 14.1. The van der Waals surface area contributed by atoms with Gasteiger partial charge < -0.3 is 4.74 Å². The van der Waals surface area contributed by atoms with Crippen molar-refractivity contribution in [1.82, 2.24) is 9.97 Å². The van der Waals surface area contributed by atoms with Gasteiger partial charge in [-0.1, -0.05) is 58.8 Å². The molecule has 0 aliphatic heterocycles. The van der Waals surface area contributed by atoms with Crippen LogP contribution in [0.25, 0.3) is 11.3 Å². The fourth-order valence-electron chi connectivity index (χ4n) is 3.06. The molecule has 0 N–H and O–H groups in total. The van der Waals surface area contributed by atoms with Gasteiger partial charge in [-0.05, 0) is 37.5 Å². The summed E-state index contributed by atoms with van der Waals surface area (Å²) in [6, 6.07) is 4.96. The highest BCUT2D eigenvalue weighted by molar-refractivity contribution is 5.59. The van der Waals surface area contributed by atoms with Crippen molar-refractivity contribution in [2.75, 3.05) is 6.61 Å². The molecule has 2 rings (SSSR count). The van der Waals surface area contributed by atoms with Crippen LogP contribution in [0.5, 0.6) is 5.75 Å². The zero-order chi connectivity index (χ0) is 19.3. The van der Waals surface area contributed by atoms with Crippen LogP contribution in [0.3, 0.4) is 0 Å². The minimum absolute atomic E-state index is 0.292. The summed E-state index contributed by atoms with van der Waals surface area (Å²) < 4.78 is 19.5. The Kier molecular flexibility index (Phi) is 9.81. The smallest absolute Gasteiger partial charge is 0.165 e. The second-order valence-electron chi connectivity index (χ2n) is 7.11. The van der Waals surface area contributed by atoms with Crippen LogP contribution in [0, 0.1) is 5.82 Å². The highest BCUT2D eigenvalue weighted by Crippen LogP contribution is 2.24. The van der Waals surface area contributed by atoms with Crippen LogP contribution in [-0.4, -0.2) is 16.6 Å². The Morgan fingerprint density at radius 2 is 1.59 bits per heavy atom. The Balaban J connectivity index is 1.77. The van der Waals surface area contributed by atoms with Crippen LogP contribution in [0.1, 0.15) is 77.3 Å². The SMILES string of the molecule is CCCCCCCCCCc1cnc(-c2ccc(OCCC)c(F)c2)cn1. The predicted octanol–water partition coefficient (Wildman–Crippen LogP) is 6.75. The average Bonchev–Trinajstić information content (AvgIpc) is 2.69. The van der Waals surface area contributed by atoms with Gasteiger partial charge in [-0.25, -0.2) is 4.39 Å². The second kappa shape index (κ2) is 12.4. The molecule has 1 aromatic heterocycles. The third-order valence-corrected chi connectivity index (χ3v) is 4.68. The first-order chi connectivity index (χ1) is 13.2. The molecule has 4 heteroatoms. The van der Waals surface area contributed by atoms with Gasteiger partial charge in [0, 0.05) is 11.8 Å². The van der Waals surface area contributed by atoms with Crippen LogP contribution in [0.15, 0.2) is 30.6 Å². The van der Waals surface area contributed by atoms with E-state index in [0.29, 0.717) is 18.1 Å². The van der Waals surface area contributed by atoms with Crippen molar-refractivity contribution in [1.29, 1.82) is 0 Å². The van der Waals surface area contributed by atoms with Crippen molar-refractivity contribution >= 4 is 0 Å². The van der Waals surface area contributed by atoms with Crippen molar-refractivity contribution in [3.05, 3.63) is 42.1 Å². The molecule has 0 fully saturated rings. The van der Waals surface area contributed by atoms with E-state index in [4.69, 9.17) is 4.74 Å². The Morgan fingerprint density at radius 3 is 2.22 bits per heavy atom. The van der Waals surface area contributed by atoms with Crippen molar-refractivity contribution in [3.8, 4) is 17.0 Å². The largest absolute Gasteiger partial charge is 0.491 e. The summed E-state index contributed by atoms with van der Waals surface area (Å²) in [4.78, 5) is 8.96. The molecule has 0 spiro atoms. The molecule has 27 heavy (non-hydrogen) atoms. The van der Waals surface area contributed by atoms with Gasteiger partial charge >= 0.3 is 0 Å². The summed E-state index contributed by atoms with van der Waals surface area (Å²) in [7, 11) is 0. The van der Waals surface area contributed by atoms with E-state index in [1.807, 2.05) is 19.2 Å². The molecule has 0 amide bonds. The van der Waals surface area contributed by atoms with E-state index in [0.717, 1.165) is 30.5 Å². The van der Waals surface area contributed by atoms with Crippen LogP contribution in [0.2, 0.25) is 0 Å². The van der Waals surface area contributed by atoms with E-state index in [2.05, 4.69) is 16.9 Å². The maximum Gasteiger partial charge on any atom is 0.165 e. The lowest BCUT2D eigenvalue weighted by molar-refractivity contribution is 0.301. The van der Waals surface area contributed by atoms with Gasteiger partial charge in [0.25, 0.3) is 0 Å². The molecule has 1 aromatic carbocycles. The summed E-state index contributed by atoms with van der Waals surface area (Å²) in [6.07, 6.45) is 15.8. The van der Waals surface area contributed by atoms with E-state index in [1.54, 1.807) is 12.3 Å². The van der Waals surface area contributed by atoms with Crippen molar-refractivity contribution in [2.24, 2.45) is 0 Å². The van der Waals surface area contributed by atoms with E-state index < -0.39 is 0 Å². The first kappa shape index (κ1) is 21.3. The molecule has 0 unspecified atom stereocenters. The standard InChI is InChI=1S/C23H33FN2O/c1-3-5-6-7-8-9-10-11-12-20-17-26-22(18-25-20)19-13-14-23(21(24)16-19)27-15-4-2/h13-14,16-18H,3-12,15H2,1-2H3. The number of unbranched alkanes of at least 4 members (excludes halogenated alkanes) is 7. The normalized spacial score (nSPS) is 10.9. The molecule has 0 saturated carbocycles. The summed E-state index contributed by atoms with van der Waals surface area (Å²) in [5.41, 5.74) is 2.42. The van der Waals surface area contributed by atoms with E-state index in [9.17, 15) is 4.39 Å². The topological polar surface area (TPSA) is 35.0 Å². The van der Waals surface area contributed by atoms with Crippen molar-refractivity contribution in [2.45, 2.75) is 78.1 Å². The van der Waals surface area contributed by atoms with Crippen LogP contribution >= 0.6 is 0 Å². The van der Waals surface area contributed by atoms with Gasteiger partial charge in [-0.15, -0.1) is 0 Å². The highest BCUT2D eigenvalue weighted by atomic mass is 19.1. The number of benzene rings is 1. The molecule has 0 aliphatic rings. The van der Waals surface area contributed by atoms with Crippen LogP contribution < -0.4 is 4.74 Å². The first-order valence-corrected chi connectivity index (χ1v) is 10.5. The number of ether oxygens (including phenoxy) is 1. The van der Waals surface area contributed by atoms with Crippen molar-refractivity contribution < 1.29 is 9.13 Å². The lowest BCUT2D eigenvalue weighted by Gasteiger charge is -2.08. The molecule has 148 valence electrons. The molecule has 3 nitrogen and oxygen atoms in total. The minimum atomic E-state index is -0.356. The molecule has 2 aromatic rings. The zero-order valence-electron chi connectivity index (χ0n) is 16.8. The summed E-state index contributed by atoms with van der Waals surface area (Å²) in [5, 5.41) is 0. The van der Waals surface area contributed by atoms with Crippen LogP contribution in [-0.2, 0) is 6.42 Å². The van der Waals surface area contributed by atoms with Gasteiger partial charge in [0.1, 0.15) is 0 Å². The molecule has 0 saturated heterocycles. The summed E-state index contributed by atoms with van der Waals surface area (Å²) >= 11 is 0. The second-order valence-corrected chi connectivity index (χ2v) is 7.11. The molecule has 1 heterocycles. The van der Waals surface area contributed by atoms with Gasteiger partial charge in [-0.2, -0.15) is 0 Å². The van der Waals surface area contributed by atoms with Crippen molar-refractivity contribution in [3.63, 3.8) is 0 Å². The zero-order valence-corrected chi connectivity index (χ0v) is 16.8. The number of rotatable bonds is 13. The minimum Gasteiger partial charge on any atom is -0.491 e. The van der Waals surface area contributed by atoms with E-state index in [-0.39, 0.29) is 5.82 Å². The Labute approximate surface area is 163 Å². The average molecular weight is 373 g/mol. The van der Waals surface area contributed by atoms with Gasteiger partial charge in [0.15, 0.2) is 11.6 Å². The van der Waals surface area contributed by atoms with E-state index >= 15 is 0 Å². The Bertz CT molecular complexity index is 658. The molecule has 0 atom stereocenters. The molecular weight excluding hydrogens is 339 g/mol. The summed E-state index contributed by atoms with van der Waals surface area (Å²) in [5.74, 6) is -0.0642. The fraction of sp³-hybridized carbons (Fsp3) is 0.565. The maximum atomic E-state index is 14.1. The molecule has 0 radical (unpaired) electrons. The Hall–Kier alpha value is -1.97. The number of halogens is 1. The number of aryl methyl sites for hydroxylation is 1. The number of hydrogen-bond donors (Lipinski definition) is 0. The predicted molar refractivity (Wildman–Crippen MR) is 110 cm³/mol. The molecule has 0 aliphatic carbocycles.